The Morgan fingerprint density at radius 1 is 1.44 bits per heavy atom. The predicted molar refractivity (Wildman–Crippen MR) is 64.0 cm³/mol. The molecule has 1 heterocycles. The second kappa shape index (κ2) is 4.93. The Bertz CT molecular complexity index is 357. The van der Waals surface area contributed by atoms with Gasteiger partial charge in [-0.05, 0) is 44.6 Å². The van der Waals surface area contributed by atoms with Crippen LogP contribution in [0.2, 0.25) is 0 Å². The van der Waals surface area contributed by atoms with Crippen molar-refractivity contribution in [1.82, 2.24) is 10.2 Å². The quantitative estimate of drug-likeness (QED) is 0.841. The van der Waals surface area contributed by atoms with E-state index in [1.807, 2.05) is 25.1 Å². The van der Waals surface area contributed by atoms with Gasteiger partial charge in [0.15, 0.2) is 0 Å². The van der Waals surface area contributed by atoms with Crippen molar-refractivity contribution >= 4 is 0 Å². The first-order valence-electron chi connectivity index (χ1n) is 5.80. The van der Waals surface area contributed by atoms with Crippen LogP contribution < -0.4 is 5.32 Å². The SMILES string of the molecule is CN(C)Cc1ccc(C2CCNC2)cc1F. The zero-order valence-corrected chi connectivity index (χ0v) is 9.96. The summed E-state index contributed by atoms with van der Waals surface area (Å²) in [6.45, 7) is 2.69. The summed E-state index contributed by atoms with van der Waals surface area (Å²) in [6, 6.07) is 5.69. The van der Waals surface area contributed by atoms with E-state index in [1.165, 1.54) is 0 Å². The monoisotopic (exact) mass is 222 g/mol. The largest absolute Gasteiger partial charge is 0.316 e. The topological polar surface area (TPSA) is 15.3 Å². The standard InChI is InChI=1S/C13H19FN2/c1-16(2)9-12-4-3-10(7-13(12)14)11-5-6-15-8-11/h3-4,7,11,15H,5-6,8-9H2,1-2H3. The Morgan fingerprint density at radius 3 is 2.81 bits per heavy atom. The van der Waals surface area contributed by atoms with Crippen LogP contribution >= 0.6 is 0 Å². The Morgan fingerprint density at radius 2 is 2.25 bits per heavy atom. The number of rotatable bonds is 3. The van der Waals surface area contributed by atoms with Crippen LogP contribution in [0.5, 0.6) is 0 Å². The van der Waals surface area contributed by atoms with E-state index in [1.54, 1.807) is 6.07 Å². The van der Waals surface area contributed by atoms with Gasteiger partial charge in [-0.15, -0.1) is 0 Å². The molecule has 0 aromatic heterocycles. The van der Waals surface area contributed by atoms with Crippen LogP contribution in [0.1, 0.15) is 23.5 Å². The third kappa shape index (κ3) is 2.60. The van der Waals surface area contributed by atoms with Gasteiger partial charge in [-0.25, -0.2) is 4.39 Å². The zero-order valence-electron chi connectivity index (χ0n) is 9.96. The maximum Gasteiger partial charge on any atom is 0.127 e. The average Bonchev–Trinajstić information content (AvgIpc) is 2.73. The number of nitrogens with one attached hydrogen (secondary N) is 1. The van der Waals surface area contributed by atoms with Gasteiger partial charge in [0.25, 0.3) is 0 Å². The van der Waals surface area contributed by atoms with Crippen molar-refractivity contribution in [3.8, 4) is 0 Å². The summed E-state index contributed by atoms with van der Waals surface area (Å²) in [5.41, 5.74) is 1.91. The molecule has 0 spiro atoms. The first-order valence-corrected chi connectivity index (χ1v) is 5.80. The molecule has 2 nitrogen and oxygen atoms in total. The molecule has 88 valence electrons. The van der Waals surface area contributed by atoms with E-state index in [0.717, 1.165) is 30.6 Å². The molecular weight excluding hydrogens is 203 g/mol. The van der Waals surface area contributed by atoms with E-state index in [9.17, 15) is 4.39 Å². The molecule has 0 aliphatic carbocycles. The van der Waals surface area contributed by atoms with Crippen molar-refractivity contribution in [3.63, 3.8) is 0 Å². The van der Waals surface area contributed by atoms with Crippen LogP contribution in [0.25, 0.3) is 0 Å². The van der Waals surface area contributed by atoms with Gasteiger partial charge in [-0.3, -0.25) is 0 Å². The van der Waals surface area contributed by atoms with Gasteiger partial charge in [-0.2, -0.15) is 0 Å². The highest BCUT2D eigenvalue weighted by atomic mass is 19.1. The van der Waals surface area contributed by atoms with Crippen molar-refractivity contribution in [1.29, 1.82) is 0 Å². The molecular formula is C13H19FN2. The molecule has 1 aromatic carbocycles. The lowest BCUT2D eigenvalue weighted by atomic mass is 9.97. The van der Waals surface area contributed by atoms with Crippen LogP contribution in [-0.2, 0) is 6.54 Å². The fourth-order valence-electron chi connectivity index (χ4n) is 2.23. The average molecular weight is 222 g/mol. The third-order valence-electron chi connectivity index (χ3n) is 3.10. The molecule has 1 aliphatic heterocycles. The van der Waals surface area contributed by atoms with Crippen LogP contribution in [0.4, 0.5) is 4.39 Å². The van der Waals surface area contributed by atoms with Crippen LogP contribution in [0.3, 0.4) is 0 Å². The van der Waals surface area contributed by atoms with Crippen molar-refractivity contribution in [3.05, 3.63) is 35.1 Å². The van der Waals surface area contributed by atoms with E-state index in [4.69, 9.17) is 0 Å². The molecule has 2 rings (SSSR count). The molecule has 1 aliphatic rings. The van der Waals surface area contributed by atoms with Crippen LogP contribution in [0.15, 0.2) is 18.2 Å². The van der Waals surface area contributed by atoms with Gasteiger partial charge < -0.3 is 10.2 Å². The minimum atomic E-state index is -0.0712. The molecule has 16 heavy (non-hydrogen) atoms. The second-order valence-electron chi connectivity index (χ2n) is 4.78. The second-order valence-corrected chi connectivity index (χ2v) is 4.78. The first kappa shape index (κ1) is 11.6. The Hall–Kier alpha value is -0.930. The first-order chi connectivity index (χ1) is 7.66. The number of halogens is 1. The van der Waals surface area contributed by atoms with Crippen molar-refractivity contribution < 1.29 is 4.39 Å². The summed E-state index contributed by atoms with van der Waals surface area (Å²) in [6.07, 6.45) is 1.12. The molecule has 0 saturated carbocycles. The molecule has 1 aromatic rings. The normalized spacial score (nSPS) is 20.6. The molecule has 1 saturated heterocycles. The van der Waals surface area contributed by atoms with Gasteiger partial charge in [0, 0.05) is 18.7 Å². The minimum absolute atomic E-state index is 0.0712. The van der Waals surface area contributed by atoms with E-state index in [2.05, 4.69) is 11.4 Å². The molecule has 0 bridgehead atoms. The highest BCUT2D eigenvalue weighted by Crippen LogP contribution is 2.24. The molecule has 3 heteroatoms. The van der Waals surface area contributed by atoms with Gasteiger partial charge >= 0.3 is 0 Å². The molecule has 0 amide bonds. The summed E-state index contributed by atoms with van der Waals surface area (Å²) < 4.78 is 13.8. The lowest BCUT2D eigenvalue weighted by molar-refractivity contribution is 0.392. The predicted octanol–water partition coefficient (Wildman–Crippen LogP) is 1.96. The summed E-state index contributed by atoms with van der Waals surface area (Å²) >= 11 is 0. The number of hydrogen-bond donors (Lipinski definition) is 1. The Balaban J connectivity index is 2.15. The smallest absolute Gasteiger partial charge is 0.127 e. The minimum Gasteiger partial charge on any atom is -0.316 e. The summed E-state index contributed by atoms with van der Waals surface area (Å²) in [4.78, 5) is 1.98. The van der Waals surface area contributed by atoms with E-state index in [-0.39, 0.29) is 5.82 Å². The zero-order chi connectivity index (χ0) is 11.5. The number of benzene rings is 1. The van der Waals surface area contributed by atoms with Crippen molar-refractivity contribution in [2.75, 3.05) is 27.2 Å². The van der Waals surface area contributed by atoms with E-state index in [0.29, 0.717) is 12.5 Å². The molecule has 1 N–H and O–H groups in total. The molecule has 1 atom stereocenters. The lowest BCUT2D eigenvalue weighted by Crippen LogP contribution is -2.12. The van der Waals surface area contributed by atoms with E-state index >= 15 is 0 Å². The van der Waals surface area contributed by atoms with Crippen LogP contribution in [0, 0.1) is 5.82 Å². The maximum absolute atomic E-state index is 13.8. The van der Waals surface area contributed by atoms with Gasteiger partial charge in [0.1, 0.15) is 5.82 Å². The van der Waals surface area contributed by atoms with Crippen molar-refractivity contribution in [2.45, 2.75) is 18.9 Å². The molecule has 0 radical (unpaired) electrons. The lowest BCUT2D eigenvalue weighted by Gasteiger charge is -2.13. The summed E-state index contributed by atoms with van der Waals surface area (Å²) in [5, 5.41) is 3.31. The van der Waals surface area contributed by atoms with Crippen LogP contribution in [-0.4, -0.2) is 32.1 Å². The molecule has 1 unspecified atom stereocenters. The molecule has 1 fully saturated rings. The van der Waals surface area contributed by atoms with Gasteiger partial charge in [-0.1, -0.05) is 12.1 Å². The Labute approximate surface area is 96.5 Å². The fourth-order valence-corrected chi connectivity index (χ4v) is 2.23. The summed E-state index contributed by atoms with van der Waals surface area (Å²) in [7, 11) is 3.91. The fraction of sp³-hybridized carbons (Fsp3) is 0.538. The van der Waals surface area contributed by atoms with Crippen molar-refractivity contribution in [2.24, 2.45) is 0 Å². The van der Waals surface area contributed by atoms with E-state index < -0.39 is 0 Å². The maximum atomic E-state index is 13.8. The van der Waals surface area contributed by atoms with Gasteiger partial charge in [0.05, 0.1) is 0 Å². The Kier molecular flexibility index (Phi) is 3.56. The van der Waals surface area contributed by atoms with Gasteiger partial charge in [0.2, 0.25) is 0 Å². The highest BCUT2D eigenvalue weighted by molar-refractivity contribution is 5.28. The number of hydrogen-bond acceptors (Lipinski definition) is 2. The number of nitrogens with zero attached hydrogens (tertiary/aromatic N) is 1. The highest BCUT2D eigenvalue weighted by Gasteiger charge is 2.17. The third-order valence-corrected chi connectivity index (χ3v) is 3.10. The summed E-state index contributed by atoms with van der Waals surface area (Å²) in [5.74, 6) is 0.418.